The molecule has 11 N–H and O–H groups in total. The molecule has 2 rings (SSSR count). The van der Waals surface area contributed by atoms with Gasteiger partial charge in [0.15, 0.2) is 0 Å². The van der Waals surface area contributed by atoms with Crippen molar-refractivity contribution in [2.45, 2.75) is 393 Å². The molecule has 666 valence electrons. The Morgan fingerprint density at radius 3 is 0.956 bits per heavy atom. The highest BCUT2D eigenvalue weighted by Gasteiger charge is 2.36. The summed E-state index contributed by atoms with van der Waals surface area (Å²) in [7, 11) is 3.35. The predicted molar refractivity (Wildman–Crippen MR) is 441 cm³/mol. The molecule has 2 aliphatic heterocycles. The van der Waals surface area contributed by atoms with Gasteiger partial charge in [0.1, 0.15) is 76.3 Å². The van der Waals surface area contributed by atoms with Crippen molar-refractivity contribution in [1.29, 1.82) is 0 Å². The van der Waals surface area contributed by atoms with Gasteiger partial charge in [-0.1, -0.05) is 103 Å². The number of hydrogen-bond acceptors (Lipinski definition) is 22. The quantitative estimate of drug-likeness (QED) is 0.0158. The highest BCUT2D eigenvalue weighted by atomic mass is 16.6. The molecule has 0 aromatic rings. The van der Waals surface area contributed by atoms with Crippen molar-refractivity contribution in [1.82, 2.24) is 36.8 Å². The van der Waals surface area contributed by atoms with E-state index in [1.54, 1.807) is 104 Å². The first kappa shape index (κ1) is 115. The van der Waals surface area contributed by atoms with Crippen LogP contribution in [0.2, 0.25) is 0 Å². The first-order chi connectivity index (χ1) is 51.4. The van der Waals surface area contributed by atoms with Crippen LogP contribution in [0.15, 0.2) is 0 Å². The Hall–Kier alpha value is -7.88. The summed E-state index contributed by atoms with van der Waals surface area (Å²) in [6.07, 6.45) is 2.67. The summed E-state index contributed by atoms with van der Waals surface area (Å²) in [5.74, 6) is 5.22. The van der Waals surface area contributed by atoms with Crippen LogP contribution in [0.25, 0.3) is 0 Å². The number of carboxylic acid groups (broad SMARTS) is 2. The highest BCUT2D eigenvalue weighted by Crippen LogP contribution is 2.25. The molecule has 0 saturated carbocycles. The lowest BCUT2D eigenvalue weighted by molar-refractivity contribution is -0.143. The van der Waals surface area contributed by atoms with Gasteiger partial charge in [-0.25, -0.2) is 33.6 Å². The average Bonchev–Trinajstić information content (AvgIpc) is 1.71. The van der Waals surface area contributed by atoms with Gasteiger partial charge in [0.05, 0.1) is 24.2 Å². The predicted octanol–water partition coefficient (Wildman–Crippen LogP) is 14.2. The fourth-order valence-corrected chi connectivity index (χ4v) is 10.0. The third kappa shape index (κ3) is 70.7. The van der Waals surface area contributed by atoms with Crippen LogP contribution in [0.3, 0.4) is 0 Å². The second-order valence-electron chi connectivity index (χ2n) is 37.4. The third-order valence-electron chi connectivity index (χ3n) is 14.2. The number of ether oxygens (including phenoxy) is 8. The SMILES string of the molecule is CC#CC(O)C(CC(C)C)NC(=O)OC(C)(C)C.CC(C)CC(C=O)NC(=O)OC(C)(C)C.CC(C)CC(N)C(=O)O.CC(C)CC(NC(=O)OC(C)(C)C)C(=O)N(C)C.CC(C)CC(NC(=O)OC(C)(C)C)C(=O)O.CC(C)CC(NC(=O)OC(C)(C)C)C1CCC(=O)O1.CC(C)CC(NC(=O)OC(C)(C)C)[C@@H]1CCC(=O)O1. The number of carbonyl (C=O) groups excluding carboxylic acids is 10. The van der Waals surface area contributed by atoms with E-state index in [0.717, 1.165) is 19.1 Å². The maximum atomic E-state index is 11.9. The van der Waals surface area contributed by atoms with Gasteiger partial charge in [0.25, 0.3) is 0 Å². The highest BCUT2D eigenvalue weighted by molar-refractivity contribution is 5.85. The normalized spacial score (nSPS) is 16.1. The Morgan fingerprint density at radius 1 is 0.439 bits per heavy atom. The molecule has 10 atom stereocenters. The molecule has 31 heteroatoms. The molecule has 9 unspecified atom stereocenters. The molecule has 114 heavy (non-hydrogen) atoms. The number of aliphatic hydroxyl groups is 1. The Labute approximate surface area is 683 Å². The molecule has 2 heterocycles. The number of carbonyl (C=O) groups is 12. The molecule has 0 spiro atoms. The Kier molecular flexibility index (Phi) is 56.0. The Morgan fingerprint density at radius 2 is 0.719 bits per heavy atom. The van der Waals surface area contributed by atoms with Crippen LogP contribution in [0.1, 0.15) is 299 Å². The zero-order valence-electron chi connectivity index (χ0n) is 76.2. The number of aldehydes is 1. The van der Waals surface area contributed by atoms with E-state index in [9.17, 15) is 62.6 Å². The summed E-state index contributed by atoms with van der Waals surface area (Å²) in [5, 5.41) is 42.9. The summed E-state index contributed by atoms with van der Waals surface area (Å²) < 4.78 is 41.3. The van der Waals surface area contributed by atoms with Crippen molar-refractivity contribution in [2.24, 2.45) is 47.2 Å². The van der Waals surface area contributed by atoms with Crippen LogP contribution in [0, 0.1) is 53.3 Å². The van der Waals surface area contributed by atoms with E-state index in [0.29, 0.717) is 93.3 Å². The van der Waals surface area contributed by atoms with E-state index < -0.39 is 118 Å². The number of hydrogen-bond donors (Lipinski definition) is 10. The standard InChI is InChI=1S/2C14H25NO4.C14H25NO3.C13H26N2O3.C11H21NO4.C11H21NO3.C6H13NO2/c2*1-9(2)8-10(11-6-7-12(16)18-11)15-13(17)19-14(3,4)5;1-7-8-12(16)11(9-10(2)3)15-13(17)18-14(4,5)6;1-9(2)8-10(11(16)15(6)7)14-12(17)18-13(3,4)5;1-7(2)6-8(9(13)14)12-10(15)16-11(3,4)5;1-8(2)6-9(7-13)12-10(14)15-11(3,4)5;1-4(2)3-5(7)6(8)9/h2*9-11H,6-8H2,1-5H3,(H,15,17);10-12,16H,9H2,1-6H3,(H,15,17);9-10H,8H2,1-7H3,(H,14,17);7-8H,6H2,1-5H3,(H,12,15)(H,13,14);7-9H,6H2,1-5H3,(H,12,14);4-5H,3,7H2,1-2H3,(H,8,9)/t10?,11-;;;;;;/m0....../s1. The van der Waals surface area contributed by atoms with Crippen molar-refractivity contribution >= 4 is 72.6 Å². The van der Waals surface area contributed by atoms with Gasteiger partial charge in [0.2, 0.25) is 5.91 Å². The Bertz CT molecular complexity index is 2850. The van der Waals surface area contributed by atoms with Crippen LogP contribution < -0.4 is 37.6 Å². The number of aliphatic hydroxyl groups excluding tert-OH is 1. The molecule has 0 radical (unpaired) electrons. The van der Waals surface area contributed by atoms with Crippen molar-refractivity contribution in [3.05, 3.63) is 0 Å². The van der Waals surface area contributed by atoms with Crippen LogP contribution in [-0.2, 0) is 66.7 Å². The van der Waals surface area contributed by atoms with E-state index in [4.69, 9.17) is 53.8 Å². The van der Waals surface area contributed by atoms with Crippen molar-refractivity contribution in [3.63, 3.8) is 0 Å². The molecular formula is C83H156N8O23. The summed E-state index contributed by atoms with van der Waals surface area (Å²) in [6, 6.07) is -3.34. The van der Waals surface area contributed by atoms with Gasteiger partial charge in [-0.15, -0.1) is 5.92 Å². The molecule has 2 fully saturated rings. The Balaban J connectivity index is -0.000000409. The van der Waals surface area contributed by atoms with Crippen LogP contribution in [0.4, 0.5) is 28.8 Å². The molecule has 0 bridgehead atoms. The summed E-state index contributed by atoms with van der Waals surface area (Å²) in [5.41, 5.74) is 1.90. The fourth-order valence-electron chi connectivity index (χ4n) is 10.0. The van der Waals surface area contributed by atoms with E-state index in [1.807, 2.05) is 111 Å². The zero-order chi connectivity index (χ0) is 90.5. The molecule has 2 saturated heterocycles. The molecule has 0 aromatic heterocycles. The van der Waals surface area contributed by atoms with Gasteiger partial charge in [0, 0.05) is 26.9 Å². The minimum Gasteiger partial charge on any atom is -0.480 e. The van der Waals surface area contributed by atoms with Crippen molar-refractivity contribution in [2.75, 3.05) is 14.1 Å². The molecule has 0 aliphatic carbocycles. The van der Waals surface area contributed by atoms with Crippen molar-refractivity contribution < 1.29 is 111 Å². The van der Waals surface area contributed by atoms with Gasteiger partial charge in [-0.3, -0.25) is 19.2 Å². The number of likely N-dealkylation sites (N-methyl/N-ethyl adjacent to an activating group) is 1. The number of nitrogens with two attached hydrogens (primary N) is 1. The minimum atomic E-state index is -1.04. The number of amides is 7. The van der Waals surface area contributed by atoms with Gasteiger partial charge in [-0.05, 0) is 231 Å². The first-order valence-corrected chi connectivity index (χ1v) is 39.8. The number of carboxylic acids is 2. The van der Waals surface area contributed by atoms with E-state index in [-0.39, 0.29) is 48.1 Å². The summed E-state index contributed by atoms with van der Waals surface area (Å²) >= 11 is 0. The first-order valence-electron chi connectivity index (χ1n) is 39.8. The number of rotatable bonds is 27. The molecule has 0 aromatic carbocycles. The van der Waals surface area contributed by atoms with Crippen LogP contribution in [0.5, 0.6) is 0 Å². The number of alkyl carbamates (subject to hydrolysis) is 6. The maximum Gasteiger partial charge on any atom is 0.408 e. The number of cyclic esters (lactones) is 2. The number of aliphatic carboxylic acids is 2. The van der Waals surface area contributed by atoms with Crippen LogP contribution >= 0.6 is 0 Å². The molecule has 2 aliphatic rings. The van der Waals surface area contributed by atoms with Crippen LogP contribution in [-0.4, -0.2) is 201 Å². The number of nitrogens with one attached hydrogen (secondary N) is 6. The lowest BCUT2D eigenvalue weighted by atomic mass is 9.97. The van der Waals surface area contributed by atoms with E-state index in [2.05, 4.69) is 71.4 Å². The fraction of sp³-hybridized carbons (Fsp3) is 0.831. The molecule has 7 amide bonds. The minimum absolute atomic E-state index is 0.116. The second-order valence-corrected chi connectivity index (χ2v) is 37.4. The third-order valence-corrected chi connectivity index (χ3v) is 14.2. The van der Waals surface area contributed by atoms with Gasteiger partial charge >= 0.3 is 60.4 Å². The van der Waals surface area contributed by atoms with Crippen molar-refractivity contribution in [3.8, 4) is 11.8 Å². The lowest BCUT2D eigenvalue weighted by Gasteiger charge is -2.27. The largest absolute Gasteiger partial charge is 0.480 e. The van der Waals surface area contributed by atoms with E-state index >= 15 is 0 Å². The second kappa shape index (κ2) is 55.6. The summed E-state index contributed by atoms with van der Waals surface area (Å²) in [6.45, 7) is 61.9. The summed E-state index contributed by atoms with van der Waals surface area (Å²) in [4.78, 5) is 137. The monoisotopic (exact) mass is 1630 g/mol. The number of esters is 2. The molecular weight excluding hydrogens is 1480 g/mol. The molecule has 31 nitrogen and oxygen atoms in total. The topological polar surface area (TPSA) is 441 Å². The number of nitrogens with zero attached hydrogens (tertiary/aromatic N) is 1. The zero-order valence-corrected chi connectivity index (χ0v) is 76.2. The van der Waals surface area contributed by atoms with Gasteiger partial charge < -0.3 is 101 Å². The van der Waals surface area contributed by atoms with Gasteiger partial charge in [-0.2, -0.15) is 0 Å². The smallest absolute Gasteiger partial charge is 0.408 e. The van der Waals surface area contributed by atoms with E-state index in [1.165, 1.54) is 4.90 Å². The maximum absolute atomic E-state index is 11.9. The lowest BCUT2D eigenvalue weighted by Crippen LogP contribution is -2.48. The average molecular weight is 1630 g/mol.